The molecule has 1 spiro atoms. The highest BCUT2D eigenvalue weighted by Crippen LogP contribution is 2.61. The fraction of sp³-hybridized carbons (Fsp3) is 0.818. The Morgan fingerprint density at radius 1 is 1.33 bits per heavy atom. The standard InChI is InChI=1S/C11H16O4/c1-2-15-10(14)8-6-11(3-4-11)5-7(8)9(12)13/h7-8H,2-6H2,1H3,(H,12,13)/t7-,8?/m0/s1. The van der Waals surface area contributed by atoms with Crippen LogP contribution >= 0.6 is 0 Å². The van der Waals surface area contributed by atoms with Crippen molar-refractivity contribution in [3.05, 3.63) is 0 Å². The summed E-state index contributed by atoms with van der Waals surface area (Å²) in [6.45, 7) is 2.07. The minimum Gasteiger partial charge on any atom is -0.481 e. The second-order valence-corrected chi connectivity index (χ2v) is 4.71. The molecule has 0 aromatic rings. The van der Waals surface area contributed by atoms with Crippen molar-refractivity contribution < 1.29 is 19.4 Å². The van der Waals surface area contributed by atoms with Gasteiger partial charge in [0.1, 0.15) is 0 Å². The number of carbonyl (C=O) groups is 2. The summed E-state index contributed by atoms with van der Waals surface area (Å²) in [5.41, 5.74) is 0.167. The van der Waals surface area contributed by atoms with Gasteiger partial charge >= 0.3 is 11.9 Å². The van der Waals surface area contributed by atoms with Crippen LogP contribution in [0, 0.1) is 17.3 Å². The van der Waals surface area contributed by atoms with Crippen molar-refractivity contribution in [1.82, 2.24) is 0 Å². The molecule has 0 aromatic heterocycles. The van der Waals surface area contributed by atoms with Gasteiger partial charge in [-0.05, 0) is 38.0 Å². The van der Waals surface area contributed by atoms with E-state index in [2.05, 4.69) is 0 Å². The Hall–Kier alpha value is -1.06. The molecule has 0 aromatic carbocycles. The van der Waals surface area contributed by atoms with Crippen LogP contribution in [0.25, 0.3) is 0 Å². The van der Waals surface area contributed by atoms with Crippen LogP contribution in [0.2, 0.25) is 0 Å². The molecular weight excluding hydrogens is 196 g/mol. The van der Waals surface area contributed by atoms with Gasteiger partial charge in [0.15, 0.2) is 0 Å². The van der Waals surface area contributed by atoms with E-state index in [1.54, 1.807) is 6.92 Å². The zero-order chi connectivity index (χ0) is 11.1. The lowest BCUT2D eigenvalue weighted by molar-refractivity contribution is -0.156. The molecule has 2 fully saturated rings. The monoisotopic (exact) mass is 212 g/mol. The lowest BCUT2D eigenvalue weighted by Gasteiger charge is -2.13. The molecule has 4 nitrogen and oxygen atoms in total. The van der Waals surface area contributed by atoms with Gasteiger partial charge in [-0.1, -0.05) is 0 Å². The maximum atomic E-state index is 11.6. The first-order chi connectivity index (χ1) is 7.08. The van der Waals surface area contributed by atoms with Crippen molar-refractivity contribution >= 4 is 11.9 Å². The summed E-state index contributed by atoms with van der Waals surface area (Å²) in [4.78, 5) is 22.6. The molecule has 2 aliphatic rings. The van der Waals surface area contributed by atoms with Gasteiger partial charge in [0.05, 0.1) is 18.4 Å². The first-order valence-corrected chi connectivity index (χ1v) is 5.47. The number of hydrogen-bond donors (Lipinski definition) is 1. The second kappa shape index (κ2) is 3.51. The molecule has 84 valence electrons. The Labute approximate surface area is 88.6 Å². The molecule has 2 aliphatic carbocycles. The fourth-order valence-electron chi connectivity index (χ4n) is 2.64. The van der Waals surface area contributed by atoms with Crippen molar-refractivity contribution in [1.29, 1.82) is 0 Å². The van der Waals surface area contributed by atoms with Gasteiger partial charge in [-0.2, -0.15) is 0 Å². The topological polar surface area (TPSA) is 63.6 Å². The van der Waals surface area contributed by atoms with Crippen LogP contribution in [-0.4, -0.2) is 23.7 Å². The number of rotatable bonds is 3. The summed E-state index contributed by atoms with van der Waals surface area (Å²) in [5, 5.41) is 9.05. The van der Waals surface area contributed by atoms with Crippen LogP contribution in [-0.2, 0) is 14.3 Å². The molecule has 2 atom stereocenters. The third kappa shape index (κ3) is 1.85. The number of carbonyl (C=O) groups excluding carboxylic acids is 1. The van der Waals surface area contributed by atoms with E-state index in [-0.39, 0.29) is 11.4 Å². The maximum Gasteiger partial charge on any atom is 0.309 e. The van der Waals surface area contributed by atoms with E-state index >= 15 is 0 Å². The fourth-order valence-corrected chi connectivity index (χ4v) is 2.64. The Morgan fingerprint density at radius 3 is 2.40 bits per heavy atom. The van der Waals surface area contributed by atoms with Gasteiger partial charge in [-0.25, -0.2) is 0 Å². The van der Waals surface area contributed by atoms with Crippen LogP contribution in [0.4, 0.5) is 0 Å². The van der Waals surface area contributed by atoms with Crippen LogP contribution in [0.3, 0.4) is 0 Å². The summed E-state index contributed by atoms with van der Waals surface area (Å²) in [6.07, 6.45) is 3.52. The molecule has 0 bridgehead atoms. The van der Waals surface area contributed by atoms with Crippen molar-refractivity contribution in [2.75, 3.05) is 6.61 Å². The van der Waals surface area contributed by atoms with Gasteiger partial charge < -0.3 is 9.84 Å². The average Bonchev–Trinajstić information content (AvgIpc) is 2.77. The predicted molar refractivity (Wildman–Crippen MR) is 52.1 cm³/mol. The molecule has 15 heavy (non-hydrogen) atoms. The van der Waals surface area contributed by atoms with Crippen molar-refractivity contribution in [2.24, 2.45) is 17.3 Å². The van der Waals surface area contributed by atoms with Crippen LogP contribution in [0.5, 0.6) is 0 Å². The maximum absolute atomic E-state index is 11.6. The Kier molecular flexibility index (Phi) is 2.44. The molecule has 2 rings (SSSR count). The van der Waals surface area contributed by atoms with E-state index < -0.39 is 17.8 Å². The highest BCUT2D eigenvalue weighted by atomic mass is 16.5. The predicted octanol–water partition coefficient (Wildman–Crippen LogP) is 1.44. The largest absolute Gasteiger partial charge is 0.481 e. The van der Waals surface area contributed by atoms with Gasteiger partial charge in [0.25, 0.3) is 0 Å². The van der Waals surface area contributed by atoms with Crippen molar-refractivity contribution in [3.8, 4) is 0 Å². The van der Waals surface area contributed by atoms with Gasteiger partial charge in [-0.3, -0.25) is 9.59 Å². The summed E-state index contributed by atoms with van der Waals surface area (Å²) < 4.78 is 4.93. The van der Waals surface area contributed by atoms with Gasteiger partial charge in [0, 0.05) is 0 Å². The van der Waals surface area contributed by atoms with E-state index in [1.807, 2.05) is 0 Å². The Morgan fingerprint density at radius 2 is 1.93 bits per heavy atom. The lowest BCUT2D eigenvalue weighted by Crippen LogP contribution is -2.26. The number of ether oxygens (including phenoxy) is 1. The molecule has 4 heteroatoms. The molecular formula is C11H16O4. The first kappa shape index (κ1) is 10.5. The van der Waals surface area contributed by atoms with Crippen molar-refractivity contribution in [2.45, 2.75) is 32.6 Å². The third-order valence-corrected chi connectivity index (χ3v) is 3.66. The third-order valence-electron chi connectivity index (χ3n) is 3.66. The number of hydrogen-bond acceptors (Lipinski definition) is 3. The first-order valence-electron chi connectivity index (χ1n) is 5.47. The molecule has 0 radical (unpaired) electrons. The molecule has 1 unspecified atom stereocenters. The highest BCUT2D eigenvalue weighted by Gasteiger charge is 2.57. The number of aliphatic carboxylic acids is 1. The zero-order valence-corrected chi connectivity index (χ0v) is 8.86. The minimum absolute atomic E-state index is 0.167. The SMILES string of the molecule is CCOC(=O)C1CC2(CC2)C[C@@H]1C(=O)O. The van der Waals surface area contributed by atoms with E-state index in [9.17, 15) is 9.59 Å². The Bertz CT molecular complexity index is 293. The zero-order valence-electron chi connectivity index (χ0n) is 8.86. The minimum atomic E-state index is -0.850. The number of carboxylic acid groups (broad SMARTS) is 1. The van der Waals surface area contributed by atoms with Gasteiger partial charge in [-0.15, -0.1) is 0 Å². The number of esters is 1. The van der Waals surface area contributed by atoms with Crippen LogP contribution in [0.1, 0.15) is 32.6 Å². The molecule has 0 amide bonds. The summed E-state index contributed by atoms with van der Waals surface area (Å²) >= 11 is 0. The van der Waals surface area contributed by atoms with Crippen molar-refractivity contribution in [3.63, 3.8) is 0 Å². The quantitative estimate of drug-likeness (QED) is 0.719. The van der Waals surface area contributed by atoms with Crippen LogP contribution < -0.4 is 0 Å². The smallest absolute Gasteiger partial charge is 0.309 e. The molecule has 0 aliphatic heterocycles. The normalized spacial score (nSPS) is 31.5. The van der Waals surface area contributed by atoms with E-state index in [0.29, 0.717) is 19.4 Å². The average molecular weight is 212 g/mol. The summed E-state index contributed by atoms with van der Waals surface area (Å²) in [7, 11) is 0. The van der Waals surface area contributed by atoms with E-state index in [1.165, 1.54) is 0 Å². The Balaban J connectivity index is 2.08. The lowest BCUT2D eigenvalue weighted by atomic mass is 9.96. The molecule has 0 saturated heterocycles. The molecule has 2 saturated carbocycles. The second-order valence-electron chi connectivity index (χ2n) is 4.71. The highest BCUT2D eigenvalue weighted by molar-refractivity contribution is 5.82. The summed E-state index contributed by atoms with van der Waals surface area (Å²) in [5.74, 6) is -2.11. The number of carboxylic acids is 1. The molecule has 1 N–H and O–H groups in total. The van der Waals surface area contributed by atoms with E-state index in [4.69, 9.17) is 9.84 Å². The summed E-state index contributed by atoms with van der Waals surface area (Å²) in [6, 6.07) is 0. The van der Waals surface area contributed by atoms with Gasteiger partial charge in [0.2, 0.25) is 0 Å². The van der Waals surface area contributed by atoms with Crippen LogP contribution in [0.15, 0.2) is 0 Å². The molecule has 0 heterocycles. The van der Waals surface area contributed by atoms with E-state index in [0.717, 1.165) is 12.8 Å².